The third-order valence-corrected chi connectivity index (χ3v) is 5.45. The maximum Gasteiger partial charge on any atom is 0.340 e. The second kappa shape index (κ2) is 10.7. The Labute approximate surface area is 197 Å². The Balaban J connectivity index is 1.64. The molecule has 0 atom stereocenters. The van der Waals surface area contributed by atoms with Crippen LogP contribution in [0.1, 0.15) is 10.4 Å². The second-order valence-electron chi connectivity index (χ2n) is 7.33. The summed E-state index contributed by atoms with van der Waals surface area (Å²) >= 11 is 0. The normalized spacial score (nSPS) is 11.3. The summed E-state index contributed by atoms with van der Waals surface area (Å²) in [6, 6.07) is 19.3. The molecule has 0 spiro atoms. The number of amides is 1. The zero-order valence-corrected chi connectivity index (χ0v) is 19.3. The number of azo groups is 1. The van der Waals surface area contributed by atoms with Crippen molar-refractivity contribution in [1.29, 1.82) is 0 Å². The lowest BCUT2D eigenvalue weighted by atomic mass is 10.2. The Morgan fingerprint density at radius 3 is 2.35 bits per heavy atom. The minimum Gasteiger partial charge on any atom is -0.452 e. The van der Waals surface area contributed by atoms with Gasteiger partial charge in [-0.1, -0.05) is 18.2 Å². The fraction of sp³-hybridized carbons (Fsp3) is 0.130. The summed E-state index contributed by atoms with van der Waals surface area (Å²) in [6.45, 7) is -0.587. The number of hydrogen-bond acceptors (Lipinski definition) is 8. The highest BCUT2D eigenvalue weighted by Crippen LogP contribution is 2.24. The number of primary sulfonamides is 1. The molecule has 0 aliphatic rings. The molecule has 0 saturated heterocycles. The summed E-state index contributed by atoms with van der Waals surface area (Å²) < 4.78 is 28.0. The standard InChI is InChI=1S/C23H23N5O5S/c1-28(2)18-12-10-16(11-13-18)26-27-21-9-4-3-8-20(21)23(30)33-15-22(29)25-17-6-5-7-19(14-17)34(24,31)32/h3-14H,15H2,1-2H3,(H,25,29)(H2,24,31,32). The van der Waals surface area contributed by atoms with Crippen molar-refractivity contribution in [3.8, 4) is 0 Å². The van der Waals surface area contributed by atoms with Crippen molar-refractivity contribution in [2.75, 3.05) is 30.9 Å². The lowest BCUT2D eigenvalue weighted by Crippen LogP contribution is -2.21. The monoisotopic (exact) mass is 481 g/mol. The van der Waals surface area contributed by atoms with Gasteiger partial charge in [0.1, 0.15) is 5.69 Å². The molecule has 3 aromatic carbocycles. The Kier molecular flexibility index (Phi) is 7.71. The van der Waals surface area contributed by atoms with Gasteiger partial charge >= 0.3 is 5.97 Å². The van der Waals surface area contributed by atoms with E-state index in [1.807, 2.05) is 31.1 Å². The van der Waals surface area contributed by atoms with Crippen molar-refractivity contribution in [3.63, 3.8) is 0 Å². The molecule has 0 fully saturated rings. The van der Waals surface area contributed by atoms with E-state index in [-0.39, 0.29) is 21.8 Å². The molecule has 10 nitrogen and oxygen atoms in total. The molecular weight excluding hydrogens is 458 g/mol. The van der Waals surface area contributed by atoms with E-state index in [1.165, 1.54) is 30.3 Å². The largest absolute Gasteiger partial charge is 0.452 e. The number of anilines is 2. The van der Waals surface area contributed by atoms with Gasteiger partial charge in [0.05, 0.1) is 16.1 Å². The molecule has 0 saturated carbocycles. The van der Waals surface area contributed by atoms with Crippen molar-refractivity contribution in [2.45, 2.75) is 4.90 Å². The number of carbonyl (C=O) groups excluding carboxylic acids is 2. The summed E-state index contributed by atoms with van der Waals surface area (Å²) in [5, 5.41) is 15.8. The van der Waals surface area contributed by atoms with Crippen LogP contribution < -0.4 is 15.4 Å². The van der Waals surface area contributed by atoms with E-state index in [0.717, 1.165) is 5.69 Å². The average Bonchev–Trinajstić information content (AvgIpc) is 2.81. The third-order valence-electron chi connectivity index (χ3n) is 4.54. The van der Waals surface area contributed by atoms with Crippen LogP contribution in [0.25, 0.3) is 0 Å². The number of rotatable bonds is 8. The van der Waals surface area contributed by atoms with Gasteiger partial charge in [-0.2, -0.15) is 5.11 Å². The van der Waals surface area contributed by atoms with Crippen LogP contribution in [0.4, 0.5) is 22.7 Å². The molecule has 0 radical (unpaired) electrons. The summed E-state index contributed by atoms with van der Waals surface area (Å²) in [7, 11) is -0.0557. The minimum absolute atomic E-state index is 0.139. The fourth-order valence-electron chi connectivity index (χ4n) is 2.82. The molecule has 3 aromatic rings. The second-order valence-corrected chi connectivity index (χ2v) is 8.89. The molecule has 3 rings (SSSR count). The summed E-state index contributed by atoms with van der Waals surface area (Å²) in [5.74, 6) is -1.41. The van der Waals surface area contributed by atoms with Gasteiger partial charge in [0.2, 0.25) is 10.0 Å². The van der Waals surface area contributed by atoms with E-state index in [0.29, 0.717) is 5.69 Å². The number of sulfonamides is 1. The molecule has 0 unspecified atom stereocenters. The van der Waals surface area contributed by atoms with Gasteiger partial charge < -0.3 is 15.0 Å². The SMILES string of the molecule is CN(C)c1ccc(N=Nc2ccccc2C(=O)OCC(=O)Nc2cccc(S(N)(=O)=O)c2)cc1. The van der Waals surface area contributed by atoms with Crippen LogP contribution in [-0.2, 0) is 19.6 Å². The number of esters is 1. The number of carbonyl (C=O) groups is 2. The van der Waals surface area contributed by atoms with E-state index < -0.39 is 28.5 Å². The number of nitrogens with zero attached hydrogens (tertiary/aromatic N) is 3. The maximum absolute atomic E-state index is 12.5. The minimum atomic E-state index is -3.92. The lowest BCUT2D eigenvalue weighted by molar-refractivity contribution is -0.119. The Bertz CT molecular complexity index is 1320. The van der Waals surface area contributed by atoms with Gasteiger partial charge in [0.25, 0.3) is 5.91 Å². The van der Waals surface area contributed by atoms with Crippen LogP contribution in [0.15, 0.2) is 87.9 Å². The first-order valence-corrected chi connectivity index (χ1v) is 11.6. The maximum atomic E-state index is 12.5. The van der Waals surface area contributed by atoms with Crippen LogP contribution in [0, 0.1) is 0 Å². The van der Waals surface area contributed by atoms with E-state index in [2.05, 4.69) is 15.5 Å². The van der Waals surface area contributed by atoms with Crippen molar-refractivity contribution >= 4 is 44.6 Å². The van der Waals surface area contributed by atoms with Crippen LogP contribution in [0.2, 0.25) is 0 Å². The average molecular weight is 482 g/mol. The highest BCUT2D eigenvalue weighted by atomic mass is 32.2. The molecule has 0 bridgehead atoms. The zero-order chi connectivity index (χ0) is 24.7. The Morgan fingerprint density at radius 2 is 1.68 bits per heavy atom. The summed E-state index contributed by atoms with van der Waals surface area (Å²) in [5.41, 5.74) is 2.24. The fourth-order valence-corrected chi connectivity index (χ4v) is 3.38. The van der Waals surface area contributed by atoms with Gasteiger partial charge in [-0.05, 0) is 54.6 Å². The highest BCUT2D eigenvalue weighted by Gasteiger charge is 2.15. The van der Waals surface area contributed by atoms with E-state index in [1.54, 1.807) is 30.3 Å². The number of ether oxygens (including phenoxy) is 1. The van der Waals surface area contributed by atoms with Crippen molar-refractivity contribution in [1.82, 2.24) is 0 Å². The predicted molar refractivity (Wildman–Crippen MR) is 128 cm³/mol. The van der Waals surface area contributed by atoms with E-state index in [9.17, 15) is 18.0 Å². The molecule has 3 N–H and O–H groups in total. The van der Waals surface area contributed by atoms with E-state index >= 15 is 0 Å². The summed E-state index contributed by atoms with van der Waals surface area (Å²) in [6.07, 6.45) is 0. The number of hydrogen-bond donors (Lipinski definition) is 2. The molecule has 1 amide bonds. The molecule has 0 aromatic heterocycles. The van der Waals surface area contributed by atoms with Crippen LogP contribution in [0.5, 0.6) is 0 Å². The first kappa shape index (κ1) is 24.6. The topological polar surface area (TPSA) is 144 Å². The molecule has 176 valence electrons. The Hall–Kier alpha value is -4.09. The third kappa shape index (κ3) is 6.70. The first-order chi connectivity index (χ1) is 16.1. The lowest BCUT2D eigenvalue weighted by Gasteiger charge is -2.11. The zero-order valence-electron chi connectivity index (χ0n) is 18.5. The van der Waals surface area contributed by atoms with Gasteiger partial charge in [-0.3, -0.25) is 4.79 Å². The molecule has 11 heteroatoms. The quantitative estimate of drug-likeness (QED) is 0.372. The smallest absolute Gasteiger partial charge is 0.340 e. The van der Waals surface area contributed by atoms with E-state index in [4.69, 9.17) is 9.88 Å². The molecule has 0 heterocycles. The number of nitrogens with one attached hydrogen (secondary N) is 1. The van der Waals surface area contributed by atoms with Gasteiger partial charge in [0.15, 0.2) is 6.61 Å². The molecule has 0 aliphatic heterocycles. The van der Waals surface area contributed by atoms with Gasteiger partial charge in [-0.25, -0.2) is 18.4 Å². The van der Waals surface area contributed by atoms with Crippen molar-refractivity contribution in [2.24, 2.45) is 15.4 Å². The van der Waals surface area contributed by atoms with Crippen LogP contribution in [0.3, 0.4) is 0 Å². The highest BCUT2D eigenvalue weighted by molar-refractivity contribution is 7.89. The Morgan fingerprint density at radius 1 is 0.971 bits per heavy atom. The van der Waals surface area contributed by atoms with Crippen LogP contribution >= 0.6 is 0 Å². The predicted octanol–water partition coefficient (Wildman–Crippen LogP) is 3.61. The van der Waals surface area contributed by atoms with Gasteiger partial charge in [-0.15, -0.1) is 5.11 Å². The van der Waals surface area contributed by atoms with Crippen molar-refractivity contribution in [3.05, 3.63) is 78.4 Å². The molecule has 34 heavy (non-hydrogen) atoms. The molecule has 0 aliphatic carbocycles. The van der Waals surface area contributed by atoms with Crippen LogP contribution in [-0.4, -0.2) is 41.0 Å². The number of benzene rings is 3. The first-order valence-electron chi connectivity index (χ1n) is 10.0. The summed E-state index contributed by atoms with van der Waals surface area (Å²) in [4.78, 5) is 26.5. The van der Waals surface area contributed by atoms with Crippen molar-refractivity contribution < 1.29 is 22.7 Å². The van der Waals surface area contributed by atoms with Gasteiger partial charge in [0, 0.05) is 25.5 Å². The number of nitrogens with two attached hydrogens (primary N) is 1. The molecular formula is C23H23N5O5S.